The number of sulfonamides is 1. The van der Waals surface area contributed by atoms with Crippen LogP contribution in [0.15, 0.2) is 65.6 Å². The van der Waals surface area contributed by atoms with E-state index in [4.69, 9.17) is 45.3 Å². The number of hydrogen-bond acceptors (Lipinski definition) is 4. The Labute approximate surface area is 178 Å². The van der Waals surface area contributed by atoms with Gasteiger partial charge in [-0.1, -0.05) is 46.9 Å². The Kier molecular flexibility index (Phi) is 6.37. The summed E-state index contributed by atoms with van der Waals surface area (Å²) in [6, 6.07) is 16.6. The summed E-state index contributed by atoms with van der Waals surface area (Å²) >= 11 is 17.7. The fourth-order valence-corrected chi connectivity index (χ4v) is 4.60. The van der Waals surface area contributed by atoms with Gasteiger partial charge in [0.1, 0.15) is 16.4 Å². The van der Waals surface area contributed by atoms with Crippen LogP contribution in [-0.4, -0.2) is 8.42 Å². The lowest BCUT2D eigenvalue weighted by atomic mass is 10.2. The Balaban J connectivity index is 1.75. The first-order chi connectivity index (χ1) is 13.2. The molecule has 0 amide bonds. The van der Waals surface area contributed by atoms with E-state index in [0.29, 0.717) is 22.1 Å². The minimum atomic E-state index is -3.93. The maximum Gasteiger partial charge on any atom is 0.244 e. The van der Waals surface area contributed by atoms with Crippen LogP contribution in [0.4, 0.5) is 5.69 Å². The summed E-state index contributed by atoms with van der Waals surface area (Å²) in [6.45, 7) is 0.0263. The normalized spacial score (nSPS) is 11.4. The van der Waals surface area contributed by atoms with Gasteiger partial charge in [-0.15, -0.1) is 0 Å². The lowest BCUT2D eigenvalue weighted by Crippen LogP contribution is -2.24. The molecule has 146 valence electrons. The van der Waals surface area contributed by atoms with Gasteiger partial charge in [-0.25, -0.2) is 13.1 Å². The number of benzene rings is 3. The van der Waals surface area contributed by atoms with Crippen molar-refractivity contribution in [2.24, 2.45) is 0 Å². The molecule has 0 saturated heterocycles. The van der Waals surface area contributed by atoms with Gasteiger partial charge in [0.25, 0.3) is 0 Å². The minimum absolute atomic E-state index is 0.0233. The molecule has 0 atom stereocenters. The summed E-state index contributed by atoms with van der Waals surface area (Å²) in [7, 11) is -3.93. The molecule has 3 aromatic carbocycles. The zero-order valence-electron chi connectivity index (χ0n) is 14.3. The van der Waals surface area contributed by atoms with Crippen molar-refractivity contribution >= 4 is 50.5 Å². The van der Waals surface area contributed by atoms with Crippen molar-refractivity contribution in [2.75, 3.05) is 5.73 Å². The molecule has 3 rings (SSSR count). The van der Waals surface area contributed by atoms with Crippen LogP contribution in [0.2, 0.25) is 15.1 Å². The van der Waals surface area contributed by atoms with Gasteiger partial charge in [-0.2, -0.15) is 0 Å². The van der Waals surface area contributed by atoms with Gasteiger partial charge in [0.05, 0.1) is 10.7 Å². The molecule has 0 heterocycles. The van der Waals surface area contributed by atoms with Gasteiger partial charge in [-0.3, -0.25) is 0 Å². The van der Waals surface area contributed by atoms with Crippen LogP contribution < -0.4 is 15.2 Å². The van der Waals surface area contributed by atoms with Crippen molar-refractivity contribution in [3.63, 3.8) is 0 Å². The Morgan fingerprint density at radius 2 is 1.61 bits per heavy atom. The Morgan fingerprint density at radius 1 is 0.893 bits per heavy atom. The molecule has 28 heavy (non-hydrogen) atoms. The molecule has 3 N–H and O–H groups in total. The second-order valence-corrected chi connectivity index (χ2v) is 8.82. The summed E-state index contributed by atoms with van der Waals surface area (Å²) in [5, 5.41) is 0.821. The second kappa shape index (κ2) is 8.59. The molecular formula is C19H15Cl3N2O3S. The number of nitrogens with two attached hydrogens (primary N) is 1. The van der Waals surface area contributed by atoms with Gasteiger partial charge in [0.2, 0.25) is 10.0 Å². The fourth-order valence-electron chi connectivity index (χ4n) is 2.47. The van der Waals surface area contributed by atoms with Crippen LogP contribution in [0.3, 0.4) is 0 Å². The predicted octanol–water partition coefficient (Wildman–Crippen LogP) is 5.50. The first kappa shape index (κ1) is 20.8. The molecule has 0 bridgehead atoms. The molecular weight excluding hydrogens is 443 g/mol. The highest BCUT2D eigenvalue weighted by atomic mass is 35.5. The summed E-state index contributed by atoms with van der Waals surface area (Å²) < 4.78 is 33.4. The number of rotatable bonds is 6. The predicted molar refractivity (Wildman–Crippen MR) is 113 cm³/mol. The smallest absolute Gasteiger partial charge is 0.244 e. The average molecular weight is 458 g/mol. The van der Waals surface area contributed by atoms with Crippen molar-refractivity contribution in [2.45, 2.75) is 11.4 Å². The molecule has 3 aromatic rings. The molecule has 0 aromatic heterocycles. The number of anilines is 1. The molecule has 0 saturated carbocycles. The van der Waals surface area contributed by atoms with E-state index in [1.54, 1.807) is 48.5 Å². The van der Waals surface area contributed by atoms with Gasteiger partial charge < -0.3 is 10.5 Å². The average Bonchev–Trinajstić information content (AvgIpc) is 2.61. The molecule has 0 spiro atoms. The highest BCUT2D eigenvalue weighted by molar-refractivity contribution is 7.89. The quantitative estimate of drug-likeness (QED) is 0.479. The number of nitrogen functional groups attached to an aromatic ring is 1. The molecule has 0 radical (unpaired) electrons. The fraction of sp³-hybridized carbons (Fsp3) is 0.0526. The number of ether oxygens (including phenoxy) is 1. The summed E-state index contributed by atoms with van der Waals surface area (Å²) in [4.78, 5) is -0.202. The second-order valence-electron chi connectivity index (χ2n) is 5.83. The lowest BCUT2D eigenvalue weighted by Gasteiger charge is -2.12. The molecule has 0 aliphatic rings. The van der Waals surface area contributed by atoms with E-state index in [9.17, 15) is 8.42 Å². The van der Waals surface area contributed by atoms with Gasteiger partial charge in [0, 0.05) is 16.6 Å². The zero-order valence-corrected chi connectivity index (χ0v) is 17.4. The van der Waals surface area contributed by atoms with Crippen LogP contribution in [0.5, 0.6) is 11.5 Å². The largest absolute Gasteiger partial charge is 0.457 e. The highest BCUT2D eigenvalue weighted by Crippen LogP contribution is 2.31. The molecule has 0 unspecified atom stereocenters. The summed E-state index contributed by atoms with van der Waals surface area (Å²) in [5.74, 6) is 1.17. The van der Waals surface area contributed by atoms with E-state index >= 15 is 0 Å². The van der Waals surface area contributed by atoms with E-state index in [1.807, 2.05) is 0 Å². The molecule has 0 aliphatic heterocycles. The molecule has 0 fully saturated rings. The number of hydrogen-bond donors (Lipinski definition) is 2. The van der Waals surface area contributed by atoms with Crippen molar-refractivity contribution < 1.29 is 13.2 Å². The maximum atomic E-state index is 12.6. The van der Waals surface area contributed by atoms with Gasteiger partial charge in [0.15, 0.2) is 0 Å². The van der Waals surface area contributed by atoms with E-state index in [0.717, 1.165) is 0 Å². The van der Waals surface area contributed by atoms with Crippen molar-refractivity contribution in [1.29, 1.82) is 0 Å². The van der Waals surface area contributed by atoms with Gasteiger partial charge >= 0.3 is 0 Å². The van der Waals surface area contributed by atoms with Crippen molar-refractivity contribution in [3.8, 4) is 11.5 Å². The Morgan fingerprint density at radius 3 is 2.29 bits per heavy atom. The zero-order chi connectivity index (χ0) is 20.3. The SMILES string of the molecule is Nc1cc(Cl)cc(Cl)c1S(=O)(=O)NCc1cccc(Oc2ccc(Cl)cc2)c1. The lowest BCUT2D eigenvalue weighted by molar-refractivity contribution is 0.482. The van der Waals surface area contributed by atoms with Gasteiger partial charge in [-0.05, 0) is 54.1 Å². The summed E-state index contributed by atoms with van der Waals surface area (Å²) in [6.07, 6.45) is 0. The first-order valence-electron chi connectivity index (χ1n) is 8.01. The number of halogens is 3. The third kappa shape index (κ3) is 5.10. The first-order valence-corrected chi connectivity index (χ1v) is 10.6. The molecule has 0 aliphatic carbocycles. The van der Waals surface area contributed by atoms with Crippen LogP contribution in [0.25, 0.3) is 0 Å². The van der Waals surface area contributed by atoms with Crippen LogP contribution >= 0.6 is 34.8 Å². The van der Waals surface area contributed by atoms with Crippen molar-refractivity contribution in [3.05, 3.63) is 81.3 Å². The highest BCUT2D eigenvalue weighted by Gasteiger charge is 2.21. The number of nitrogens with one attached hydrogen (secondary N) is 1. The molecule has 5 nitrogen and oxygen atoms in total. The Hall–Kier alpha value is -1.96. The summed E-state index contributed by atoms with van der Waals surface area (Å²) in [5.41, 5.74) is 6.45. The minimum Gasteiger partial charge on any atom is -0.457 e. The van der Waals surface area contributed by atoms with E-state index in [1.165, 1.54) is 12.1 Å². The molecule has 9 heteroatoms. The van der Waals surface area contributed by atoms with Crippen molar-refractivity contribution in [1.82, 2.24) is 4.72 Å². The standard InChI is InChI=1S/C19H15Cl3N2O3S/c20-13-4-6-15(7-5-13)27-16-3-1-2-12(8-16)11-24-28(25,26)19-17(22)9-14(21)10-18(19)23/h1-10,24H,11,23H2. The van der Waals surface area contributed by atoms with E-state index in [-0.39, 0.29) is 27.2 Å². The van der Waals surface area contributed by atoms with Crippen LogP contribution in [-0.2, 0) is 16.6 Å². The van der Waals surface area contributed by atoms with E-state index in [2.05, 4.69) is 4.72 Å². The Bertz CT molecular complexity index is 1080. The van der Waals surface area contributed by atoms with Crippen LogP contribution in [0.1, 0.15) is 5.56 Å². The topological polar surface area (TPSA) is 81.4 Å². The third-order valence-corrected chi connectivity index (χ3v) is 6.12. The monoisotopic (exact) mass is 456 g/mol. The van der Waals surface area contributed by atoms with Crippen LogP contribution in [0, 0.1) is 0 Å². The third-order valence-electron chi connectivity index (χ3n) is 3.72. The maximum absolute atomic E-state index is 12.6. The van der Waals surface area contributed by atoms with E-state index < -0.39 is 10.0 Å².